The van der Waals surface area contributed by atoms with E-state index in [0.29, 0.717) is 22.8 Å². The third-order valence-electron chi connectivity index (χ3n) is 5.71. The van der Waals surface area contributed by atoms with Crippen LogP contribution < -0.4 is 0 Å². The molecule has 29 heavy (non-hydrogen) atoms. The minimum absolute atomic E-state index is 0.0644. The predicted molar refractivity (Wildman–Crippen MR) is 121 cm³/mol. The number of Topliss-reactive ketones (excluding diaryl/α,β-unsaturated/α-hetero) is 1. The van der Waals surface area contributed by atoms with Crippen LogP contribution in [0, 0.1) is 17.7 Å². The third-order valence-corrected chi connectivity index (χ3v) is 9.91. The van der Waals surface area contributed by atoms with Gasteiger partial charge in [-0.1, -0.05) is 17.7 Å². The van der Waals surface area contributed by atoms with Gasteiger partial charge in [-0.25, -0.2) is 12.8 Å². The molecule has 0 bridgehead atoms. The van der Waals surface area contributed by atoms with Gasteiger partial charge in [-0.05, 0) is 76.7 Å². The Balaban J connectivity index is 1.67. The number of benzene rings is 1. The number of halogens is 2. The summed E-state index contributed by atoms with van der Waals surface area (Å²) in [6, 6.07) is 4.69. The minimum Gasteiger partial charge on any atom is -0.299 e. The van der Waals surface area contributed by atoms with E-state index in [2.05, 4.69) is 0 Å². The number of hydrogen-bond donors (Lipinski definition) is 0. The first-order valence-electron chi connectivity index (χ1n) is 10.3. The van der Waals surface area contributed by atoms with Crippen molar-refractivity contribution in [3.05, 3.63) is 34.6 Å². The van der Waals surface area contributed by atoms with E-state index in [1.807, 2.05) is 0 Å². The lowest BCUT2D eigenvalue weighted by Gasteiger charge is -2.30. The second-order valence-electron chi connectivity index (χ2n) is 8.93. The summed E-state index contributed by atoms with van der Waals surface area (Å²) in [7, 11) is -3.11. The van der Waals surface area contributed by atoms with Gasteiger partial charge in [-0.3, -0.25) is 4.79 Å². The molecule has 1 saturated carbocycles. The molecule has 3 nitrogen and oxygen atoms in total. The highest BCUT2D eigenvalue weighted by Crippen LogP contribution is 2.33. The zero-order valence-electron chi connectivity index (χ0n) is 17.5. The fourth-order valence-electron chi connectivity index (χ4n) is 3.61. The van der Waals surface area contributed by atoms with Gasteiger partial charge in [0.25, 0.3) is 0 Å². The van der Waals surface area contributed by atoms with Gasteiger partial charge in [0.05, 0.1) is 10.5 Å². The average molecular weight is 463 g/mol. The zero-order chi connectivity index (χ0) is 21.7. The molecule has 0 heterocycles. The van der Waals surface area contributed by atoms with E-state index in [4.69, 9.17) is 11.6 Å². The van der Waals surface area contributed by atoms with Crippen LogP contribution in [0.3, 0.4) is 0 Å². The number of sulfone groups is 1. The topological polar surface area (TPSA) is 51.2 Å². The summed E-state index contributed by atoms with van der Waals surface area (Å²) in [5, 5.41) is 0.443. The van der Waals surface area contributed by atoms with Crippen LogP contribution in [0.2, 0.25) is 5.02 Å². The van der Waals surface area contributed by atoms with Gasteiger partial charge in [0, 0.05) is 28.7 Å². The number of thioether (sulfide) groups is 1. The second-order valence-corrected chi connectivity index (χ2v) is 13.2. The van der Waals surface area contributed by atoms with Gasteiger partial charge in [0.15, 0.2) is 9.84 Å². The number of ketones is 1. The summed E-state index contributed by atoms with van der Waals surface area (Å²) in [4.78, 5) is 12.5. The van der Waals surface area contributed by atoms with E-state index in [-0.39, 0.29) is 29.2 Å². The number of hydrogen-bond acceptors (Lipinski definition) is 4. The van der Waals surface area contributed by atoms with Crippen LogP contribution >= 0.6 is 23.4 Å². The van der Waals surface area contributed by atoms with E-state index in [0.717, 1.165) is 37.9 Å². The molecular weight excluding hydrogens is 431 g/mol. The maximum Gasteiger partial charge on any atom is 0.155 e. The molecule has 0 unspecified atom stereocenters. The summed E-state index contributed by atoms with van der Waals surface area (Å²) in [6.07, 6.45) is 4.52. The normalized spacial score (nSPS) is 20.6. The number of carbonyl (C=O) groups is 1. The van der Waals surface area contributed by atoms with Crippen LogP contribution in [0.1, 0.15) is 64.9 Å². The largest absolute Gasteiger partial charge is 0.299 e. The molecule has 0 aliphatic heterocycles. The standard InChI is InChI=1S/C22H32ClFO3S2/c1-22(2,3)29(26,27)15-16-9-11-17(12-10-16)21(25)8-5-13-28-14-18-19(23)6-4-7-20(18)24/h4,6-7,16-17H,5,8-15H2,1-3H3. The maximum atomic E-state index is 13.7. The smallest absolute Gasteiger partial charge is 0.155 e. The van der Waals surface area contributed by atoms with Crippen molar-refractivity contribution >= 4 is 39.0 Å². The molecule has 0 amide bonds. The zero-order valence-corrected chi connectivity index (χ0v) is 19.9. The summed E-state index contributed by atoms with van der Waals surface area (Å²) in [6.45, 7) is 5.24. The Morgan fingerprint density at radius 2 is 1.86 bits per heavy atom. The first kappa shape index (κ1) is 24.7. The molecule has 0 aromatic heterocycles. The van der Waals surface area contributed by atoms with E-state index < -0.39 is 14.6 Å². The summed E-state index contributed by atoms with van der Waals surface area (Å²) >= 11 is 7.61. The molecule has 0 atom stereocenters. The van der Waals surface area contributed by atoms with Crippen molar-refractivity contribution in [2.45, 2.75) is 69.8 Å². The molecular formula is C22H32ClFO3S2. The average Bonchev–Trinajstić information content (AvgIpc) is 2.62. The van der Waals surface area contributed by atoms with E-state index in [1.54, 1.807) is 44.7 Å². The number of rotatable bonds is 9. The third kappa shape index (κ3) is 7.25. The van der Waals surface area contributed by atoms with Crippen molar-refractivity contribution in [2.24, 2.45) is 11.8 Å². The van der Waals surface area contributed by atoms with E-state index in [1.165, 1.54) is 6.07 Å². The van der Waals surface area contributed by atoms with Gasteiger partial charge < -0.3 is 0 Å². The van der Waals surface area contributed by atoms with Crippen molar-refractivity contribution in [3.8, 4) is 0 Å². The van der Waals surface area contributed by atoms with Crippen LogP contribution in [-0.2, 0) is 20.4 Å². The molecule has 1 aromatic rings. The van der Waals surface area contributed by atoms with Crippen LogP contribution in [0.4, 0.5) is 4.39 Å². The highest BCUT2D eigenvalue weighted by Gasteiger charge is 2.34. The van der Waals surface area contributed by atoms with Crippen molar-refractivity contribution in [1.29, 1.82) is 0 Å². The molecule has 7 heteroatoms. The SMILES string of the molecule is CC(C)(C)S(=O)(=O)CC1CCC(C(=O)CCCSCc2c(F)cccc2Cl)CC1. The van der Waals surface area contributed by atoms with Gasteiger partial charge in [0.1, 0.15) is 11.6 Å². The van der Waals surface area contributed by atoms with Gasteiger partial charge >= 0.3 is 0 Å². The Morgan fingerprint density at radius 3 is 2.45 bits per heavy atom. The Kier molecular flexibility index (Phi) is 9.05. The van der Waals surface area contributed by atoms with E-state index >= 15 is 0 Å². The highest BCUT2D eigenvalue weighted by atomic mass is 35.5. The van der Waals surface area contributed by atoms with Crippen molar-refractivity contribution in [3.63, 3.8) is 0 Å². The molecule has 2 rings (SSSR count). The summed E-state index contributed by atoms with van der Waals surface area (Å²) in [5.41, 5.74) is 0.522. The van der Waals surface area contributed by atoms with Crippen LogP contribution in [0.25, 0.3) is 0 Å². The molecule has 1 aliphatic carbocycles. The molecule has 0 N–H and O–H groups in total. The summed E-state index contributed by atoms with van der Waals surface area (Å²) < 4.78 is 37.8. The maximum absolute atomic E-state index is 13.7. The molecule has 0 saturated heterocycles. The Labute approximate surface area is 184 Å². The molecule has 1 fully saturated rings. The molecule has 1 aromatic carbocycles. The lowest BCUT2D eigenvalue weighted by atomic mass is 9.80. The quantitative estimate of drug-likeness (QED) is 0.417. The lowest BCUT2D eigenvalue weighted by Crippen LogP contribution is -2.35. The first-order valence-corrected chi connectivity index (χ1v) is 13.5. The molecule has 0 radical (unpaired) electrons. The van der Waals surface area contributed by atoms with Gasteiger partial charge in [0.2, 0.25) is 0 Å². The lowest BCUT2D eigenvalue weighted by molar-refractivity contribution is -0.124. The monoisotopic (exact) mass is 462 g/mol. The Hall–Kier alpha value is -0.590. The summed E-state index contributed by atoms with van der Waals surface area (Å²) in [5.74, 6) is 1.76. The van der Waals surface area contributed by atoms with Crippen LogP contribution in [-0.4, -0.2) is 30.5 Å². The van der Waals surface area contributed by atoms with Crippen molar-refractivity contribution in [2.75, 3.05) is 11.5 Å². The van der Waals surface area contributed by atoms with Crippen molar-refractivity contribution in [1.82, 2.24) is 0 Å². The molecule has 0 spiro atoms. The molecule has 1 aliphatic rings. The fourth-order valence-corrected chi connectivity index (χ4v) is 6.36. The van der Waals surface area contributed by atoms with Crippen LogP contribution in [0.5, 0.6) is 0 Å². The Bertz CT molecular complexity index is 775. The minimum atomic E-state index is -3.11. The second kappa shape index (κ2) is 10.6. The van der Waals surface area contributed by atoms with Gasteiger partial charge in [-0.15, -0.1) is 0 Å². The fraction of sp³-hybridized carbons (Fsp3) is 0.682. The predicted octanol–water partition coefficient (Wildman–Crippen LogP) is 6.08. The highest BCUT2D eigenvalue weighted by molar-refractivity contribution is 7.98. The van der Waals surface area contributed by atoms with Crippen molar-refractivity contribution < 1.29 is 17.6 Å². The van der Waals surface area contributed by atoms with Gasteiger partial charge in [-0.2, -0.15) is 11.8 Å². The van der Waals surface area contributed by atoms with Crippen LogP contribution in [0.15, 0.2) is 18.2 Å². The first-order chi connectivity index (χ1) is 13.5. The molecule has 164 valence electrons. The Morgan fingerprint density at radius 1 is 1.21 bits per heavy atom. The number of carbonyl (C=O) groups excluding carboxylic acids is 1. The van der Waals surface area contributed by atoms with E-state index in [9.17, 15) is 17.6 Å².